The second kappa shape index (κ2) is 7.80. The molecule has 0 radical (unpaired) electrons. The smallest absolute Gasteiger partial charge is 0.269 e. The van der Waals surface area contributed by atoms with Gasteiger partial charge in [-0.25, -0.2) is 4.98 Å². The molecule has 10 heteroatoms. The lowest BCUT2D eigenvalue weighted by Crippen LogP contribution is -2.38. The van der Waals surface area contributed by atoms with E-state index in [1.165, 1.54) is 36.5 Å². The predicted molar refractivity (Wildman–Crippen MR) is 115 cm³/mol. The van der Waals surface area contributed by atoms with E-state index in [0.29, 0.717) is 5.56 Å². The molecule has 2 bridgehead atoms. The number of hydrogen-bond acceptors (Lipinski definition) is 7. The number of imide groups is 1. The molecule has 5 atom stereocenters. The van der Waals surface area contributed by atoms with Crippen molar-refractivity contribution < 1.29 is 24.4 Å². The van der Waals surface area contributed by atoms with Crippen molar-refractivity contribution in [3.63, 3.8) is 0 Å². The third kappa shape index (κ3) is 3.43. The monoisotopic (exact) mass is 448 g/mol. The number of fused-ring (bicyclic) bond motifs is 5. The molecule has 2 aliphatic carbocycles. The number of anilines is 1. The van der Waals surface area contributed by atoms with E-state index < -0.39 is 28.7 Å². The van der Waals surface area contributed by atoms with Gasteiger partial charge in [-0.05, 0) is 36.0 Å². The number of nitrogens with one attached hydrogen (secondary N) is 1. The first-order chi connectivity index (χ1) is 15.8. The fraction of sp³-hybridized carbons (Fsp3) is 0.304. The third-order valence-electron chi connectivity index (χ3n) is 6.70. The van der Waals surface area contributed by atoms with E-state index in [-0.39, 0.29) is 47.3 Å². The number of likely N-dealkylation sites (tertiary alicyclic amines) is 1. The van der Waals surface area contributed by atoms with Gasteiger partial charge in [-0.15, -0.1) is 0 Å². The summed E-state index contributed by atoms with van der Waals surface area (Å²) in [5, 5.41) is 23.7. The number of hydrogen-bond donors (Lipinski definition) is 2. The van der Waals surface area contributed by atoms with E-state index in [1.807, 2.05) is 12.2 Å². The molecule has 1 aliphatic heterocycles. The number of rotatable bonds is 6. The van der Waals surface area contributed by atoms with Crippen LogP contribution < -0.4 is 5.32 Å². The Bertz CT molecular complexity index is 1180. The minimum absolute atomic E-state index is 0.00787. The zero-order chi connectivity index (χ0) is 23.3. The van der Waals surface area contributed by atoms with Crippen LogP contribution in [-0.2, 0) is 14.4 Å². The molecule has 2 fully saturated rings. The Morgan fingerprint density at radius 2 is 1.88 bits per heavy atom. The van der Waals surface area contributed by atoms with Crippen LogP contribution in [0, 0.1) is 33.8 Å². The Hall–Kier alpha value is -4.08. The summed E-state index contributed by atoms with van der Waals surface area (Å²) in [6.45, 7) is 0. The molecule has 2 heterocycles. The molecule has 1 aromatic carbocycles. The number of carbonyl (C=O) groups is 3. The fourth-order valence-corrected chi connectivity index (χ4v) is 5.29. The second-order valence-electron chi connectivity index (χ2n) is 8.54. The number of pyridine rings is 1. The van der Waals surface area contributed by atoms with E-state index in [2.05, 4.69) is 10.3 Å². The number of aromatic hydroxyl groups is 1. The molecule has 3 amide bonds. The highest BCUT2D eigenvalue weighted by Gasteiger charge is 2.60. The van der Waals surface area contributed by atoms with Crippen LogP contribution in [0.4, 0.5) is 11.5 Å². The highest BCUT2D eigenvalue weighted by atomic mass is 16.6. The number of aromatic nitrogens is 1. The van der Waals surface area contributed by atoms with Gasteiger partial charge in [-0.1, -0.05) is 24.3 Å². The number of benzene rings is 1. The summed E-state index contributed by atoms with van der Waals surface area (Å²) >= 11 is 0. The first-order valence-electron chi connectivity index (χ1n) is 10.6. The lowest BCUT2D eigenvalue weighted by Gasteiger charge is -2.28. The summed E-state index contributed by atoms with van der Waals surface area (Å²) in [6.07, 6.45) is 5.77. The topological polar surface area (TPSA) is 143 Å². The van der Waals surface area contributed by atoms with E-state index in [4.69, 9.17) is 0 Å². The number of carbonyl (C=O) groups excluding carboxylic acids is 3. The standard InChI is InChI=1S/C23H20N4O6/c28-17-5-2-8-24-21(17)25-18(29)11-16(12-3-1-4-15(10-12)27(32)33)26-22(30)19-13-6-7-14(9-13)20(19)23(26)31/h1-8,10,13-14,16,19-20,28H,9,11H2,(H,24,25,29). The van der Waals surface area contributed by atoms with E-state index in [0.717, 1.165) is 11.3 Å². The molecule has 10 nitrogen and oxygen atoms in total. The zero-order valence-corrected chi connectivity index (χ0v) is 17.3. The van der Waals surface area contributed by atoms with Crippen molar-refractivity contribution in [3.05, 3.63) is 70.4 Å². The molecular formula is C23H20N4O6. The first kappa shape index (κ1) is 20.8. The van der Waals surface area contributed by atoms with E-state index in [1.54, 1.807) is 6.07 Å². The maximum absolute atomic E-state index is 13.4. The number of nitrogens with zero attached hydrogens (tertiary/aromatic N) is 3. The second-order valence-corrected chi connectivity index (χ2v) is 8.54. The van der Waals surface area contributed by atoms with Gasteiger partial charge in [0.25, 0.3) is 5.69 Å². The molecule has 5 rings (SSSR count). The Balaban J connectivity index is 1.48. The maximum atomic E-state index is 13.4. The van der Waals surface area contributed by atoms with E-state index in [9.17, 15) is 29.6 Å². The molecule has 1 aromatic heterocycles. The Labute approximate surface area is 188 Å². The SMILES string of the molecule is O=C(CC(c1cccc([N+](=O)[O-])c1)N1C(=O)C2C3C=CC(C3)C2C1=O)Nc1ncccc1O. The summed E-state index contributed by atoms with van der Waals surface area (Å²) in [6, 6.07) is 7.43. The van der Waals surface area contributed by atoms with Crippen molar-refractivity contribution in [3.8, 4) is 5.75 Å². The highest BCUT2D eigenvalue weighted by Crippen LogP contribution is 2.54. The van der Waals surface area contributed by atoms with Gasteiger partial charge >= 0.3 is 0 Å². The average molecular weight is 448 g/mol. The van der Waals surface area contributed by atoms with Gasteiger partial charge in [-0.2, -0.15) is 0 Å². The van der Waals surface area contributed by atoms with Crippen molar-refractivity contribution in [1.82, 2.24) is 9.88 Å². The zero-order valence-electron chi connectivity index (χ0n) is 17.3. The molecule has 5 unspecified atom stereocenters. The molecule has 2 aromatic rings. The minimum Gasteiger partial charge on any atom is -0.504 e. The van der Waals surface area contributed by atoms with Crippen molar-refractivity contribution in [1.29, 1.82) is 0 Å². The van der Waals surface area contributed by atoms with Crippen LogP contribution in [0.5, 0.6) is 5.75 Å². The number of nitro groups is 1. The van der Waals surface area contributed by atoms with Crippen LogP contribution in [-0.4, -0.2) is 37.6 Å². The number of non-ortho nitro benzene ring substituents is 1. The van der Waals surface area contributed by atoms with Crippen LogP contribution in [0.15, 0.2) is 54.7 Å². The van der Waals surface area contributed by atoms with Gasteiger partial charge in [-0.3, -0.25) is 29.4 Å². The Morgan fingerprint density at radius 1 is 1.18 bits per heavy atom. The number of allylic oxidation sites excluding steroid dienone is 2. The molecule has 0 spiro atoms. The summed E-state index contributed by atoms with van der Waals surface area (Å²) in [5.74, 6) is -2.54. The van der Waals surface area contributed by atoms with E-state index >= 15 is 0 Å². The molecule has 168 valence electrons. The quantitative estimate of drug-likeness (QED) is 0.299. The van der Waals surface area contributed by atoms with Crippen LogP contribution >= 0.6 is 0 Å². The lowest BCUT2D eigenvalue weighted by atomic mass is 9.85. The fourth-order valence-electron chi connectivity index (χ4n) is 5.29. The van der Waals surface area contributed by atoms with Gasteiger partial charge in [0.1, 0.15) is 0 Å². The summed E-state index contributed by atoms with van der Waals surface area (Å²) in [5.41, 5.74) is 0.105. The van der Waals surface area contributed by atoms with Gasteiger partial charge in [0, 0.05) is 18.3 Å². The highest BCUT2D eigenvalue weighted by molar-refractivity contribution is 6.07. The van der Waals surface area contributed by atoms with Crippen LogP contribution in [0.3, 0.4) is 0 Å². The van der Waals surface area contributed by atoms with Crippen molar-refractivity contribution in [2.24, 2.45) is 23.7 Å². The van der Waals surface area contributed by atoms with Gasteiger partial charge in [0.05, 0.1) is 29.2 Å². The Morgan fingerprint density at radius 3 is 2.52 bits per heavy atom. The van der Waals surface area contributed by atoms with Gasteiger partial charge < -0.3 is 10.4 Å². The number of nitro benzene ring substituents is 1. The maximum Gasteiger partial charge on any atom is 0.269 e. The number of amides is 3. The van der Waals surface area contributed by atoms with Crippen molar-refractivity contribution >= 4 is 29.2 Å². The predicted octanol–water partition coefficient (Wildman–Crippen LogP) is 2.57. The van der Waals surface area contributed by atoms with Crippen LogP contribution in [0.25, 0.3) is 0 Å². The minimum atomic E-state index is -1.03. The van der Waals surface area contributed by atoms with Crippen LogP contribution in [0.1, 0.15) is 24.4 Å². The molecule has 2 N–H and O–H groups in total. The normalized spacial score (nSPS) is 25.9. The Kier molecular flexibility index (Phi) is 4.92. The lowest BCUT2D eigenvalue weighted by molar-refractivity contribution is -0.385. The summed E-state index contributed by atoms with van der Waals surface area (Å²) in [4.78, 5) is 55.4. The first-order valence-corrected chi connectivity index (χ1v) is 10.6. The van der Waals surface area contributed by atoms with Crippen LogP contribution in [0.2, 0.25) is 0 Å². The van der Waals surface area contributed by atoms with Crippen molar-refractivity contribution in [2.45, 2.75) is 18.9 Å². The summed E-state index contributed by atoms with van der Waals surface area (Å²) < 4.78 is 0. The van der Waals surface area contributed by atoms with Gasteiger partial charge in [0.15, 0.2) is 11.6 Å². The van der Waals surface area contributed by atoms with Gasteiger partial charge in [0.2, 0.25) is 17.7 Å². The molecule has 1 saturated carbocycles. The molecule has 33 heavy (non-hydrogen) atoms. The molecular weight excluding hydrogens is 428 g/mol. The molecule has 1 saturated heterocycles. The molecule has 3 aliphatic rings. The van der Waals surface area contributed by atoms with Crippen molar-refractivity contribution in [2.75, 3.05) is 5.32 Å². The largest absolute Gasteiger partial charge is 0.504 e. The average Bonchev–Trinajstić information content (AvgIpc) is 3.48. The summed E-state index contributed by atoms with van der Waals surface area (Å²) in [7, 11) is 0. The third-order valence-corrected chi connectivity index (χ3v) is 6.70.